The highest BCUT2D eigenvalue weighted by Gasteiger charge is 2.49. The van der Waals surface area contributed by atoms with Crippen molar-refractivity contribution >= 4 is 98.7 Å². The average Bonchev–Trinajstić information content (AvgIpc) is 1.68. The predicted octanol–water partition coefficient (Wildman–Crippen LogP) is 1.91. The summed E-state index contributed by atoms with van der Waals surface area (Å²) in [5.41, 5.74) is 8.01. The summed E-state index contributed by atoms with van der Waals surface area (Å²) in [5, 5.41) is 37.6. The zero-order valence-corrected chi connectivity index (χ0v) is 60.1. The molecule has 6 heterocycles. The number of rotatable bonds is 14. The van der Waals surface area contributed by atoms with Crippen molar-refractivity contribution in [3.63, 3.8) is 0 Å². The maximum atomic E-state index is 15.3. The molecule has 1 saturated heterocycles. The number of carbonyl (C=O) groups excluding carboxylic acids is 12. The summed E-state index contributed by atoms with van der Waals surface area (Å²) >= 11 is 0. The van der Waals surface area contributed by atoms with Crippen molar-refractivity contribution in [1.82, 2.24) is 78.0 Å². The first-order chi connectivity index (χ1) is 51.6. The van der Waals surface area contributed by atoms with Gasteiger partial charge in [0.15, 0.2) is 0 Å². The van der Waals surface area contributed by atoms with Crippen LogP contribution >= 0.6 is 0 Å². The van der Waals surface area contributed by atoms with Gasteiger partial charge < -0.3 is 88.6 Å². The third kappa shape index (κ3) is 22.0. The van der Waals surface area contributed by atoms with E-state index in [9.17, 15) is 57.0 Å². The van der Waals surface area contributed by atoms with Gasteiger partial charge in [-0.05, 0) is 148 Å². The number of carboxylic acid groups (broad SMARTS) is 1. The Morgan fingerprint density at radius 1 is 0.648 bits per heavy atom. The van der Waals surface area contributed by atoms with Crippen LogP contribution in [0.5, 0.6) is 5.75 Å². The lowest BCUT2D eigenvalue weighted by atomic mass is 9.94. The zero-order chi connectivity index (χ0) is 77.8. The van der Waals surface area contributed by atoms with Gasteiger partial charge in [0.2, 0.25) is 70.9 Å². The first-order valence-electron chi connectivity index (χ1n) is 35.6. The van der Waals surface area contributed by atoms with E-state index in [2.05, 4.69) is 73.1 Å². The smallest absolute Gasteiger partial charge is 0.305 e. The predicted molar refractivity (Wildman–Crippen MR) is 388 cm³/mol. The van der Waals surface area contributed by atoms with Crippen LogP contribution in [0.1, 0.15) is 118 Å². The molecule has 2 bridgehead atoms. The van der Waals surface area contributed by atoms with E-state index in [4.69, 9.17) is 10.5 Å². The number of aromatic nitrogens is 4. The minimum absolute atomic E-state index is 0.00814. The minimum atomic E-state index is -2.04. The molecule has 0 unspecified atom stereocenters. The van der Waals surface area contributed by atoms with Crippen molar-refractivity contribution in [2.75, 3.05) is 20.2 Å². The molecule has 0 aliphatic carbocycles. The number of imidazole rings is 1. The quantitative estimate of drug-likeness (QED) is 0.0692. The van der Waals surface area contributed by atoms with E-state index in [1.54, 1.807) is 54.7 Å². The molecular weight excluding hydrogens is 1400 g/mol. The summed E-state index contributed by atoms with van der Waals surface area (Å²) in [7, 11) is 1.45. The van der Waals surface area contributed by atoms with Crippen molar-refractivity contribution in [2.24, 2.45) is 5.73 Å². The number of ether oxygens (including phenoxy) is 1. The van der Waals surface area contributed by atoms with E-state index >= 15 is 19.2 Å². The summed E-state index contributed by atoms with van der Waals surface area (Å²) in [4.78, 5) is 197. The number of primary amides is 1. The molecule has 31 nitrogen and oxygen atoms in total. The summed E-state index contributed by atoms with van der Waals surface area (Å²) < 4.78 is 35.1. The number of amides is 12. The van der Waals surface area contributed by atoms with Crippen LogP contribution in [0.25, 0.3) is 21.8 Å². The van der Waals surface area contributed by atoms with Crippen LogP contribution in [0.15, 0.2) is 110 Å². The maximum Gasteiger partial charge on any atom is 0.305 e. The molecular formula is C75H90F2N16O15. The fourth-order valence-corrected chi connectivity index (χ4v) is 13.2. The highest BCUT2D eigenvalue weighted by Crippen LogP contribution is 2.32. The molecule has 7 aromatic rings. The van der Waals surface area contributed by atoms with Gasteiger partial charge in [0.25, 0.3) is 0 Å². The molecule has 574 valence electrons. The van der Waals surface area contributed by atoms with Gasteiger partial charge >= 0.3 is 5.97 Å². The number of aromatic amines is 3. The molecule has 3 aliphatic rings. The number of carbonyl (C=O) groups is 13. The summed E-state index contributed by atoms with van der Waals surface area (Å²) in [6.45, 7) is 4.31. The van der Waals surface area contributed by atoms with Crippen LogP contribution in [0.4, 0.5) is 8.78 Å². The van der Waals surface area contributed by atoms with Crippen molar-refractivity contribution in [3.8, 4) is 5.75 Å². The molecule has 3 aromatic heterocycles. The van der Waals surface area contributed by atoms with E-state index in [0.717, 1.165) is 0 Å². The average molecular weight is 1490 g/mol. The second-order valence-electron chi connectivity index (χ2n) is 27.3. The van der Waals surface area contributed by atoms with Crippen molar-refractivity contribution in [3.05, 3.63) is 155 Å². The Kier molecular flexibility index (Phi) is 27.6. The fraction of sp³-hybridized carbons (Fsp3) is 0.413. The standard InChI is InChI=1S/C75H90F2N16O15/c1-41-67(100)88-59(31-47-38-82-55-25-20-49(77)33-53(47)55)70(103)87-58(23-18-46-37-81-54-24-19-48(76)32-52(46)54)69(102)90-61(35-65(97)98)72(105)89-60(34-50-39-79-40-84-50)71(104)91-62(29-43-16-21-51(108-4)22-17-43)73(106)93-28-8-26-75(93,3)74(107)92-56(66(78)99)10-7-11-63(95)83-36-45-14-12-44(13-15-45)30-64(96)80-27-6-5-9-57(68(101)85-41)86-42(2)94/h12-17,19-22,24-25,32-33,37-41,56-62,81-82H,5-11,18,23,26-31,34-36H2,1-4H3,(H2,78,99)(H,79,84)(H,80,96)(H,83,95)(H,85,101)(H,86,94)(H,87,103)(H,88,100)(H,89,105)(H,90,102)(H,91,104)(H,92,107)(H,97,98)/t41-,56+,57-,58+,59+,60+,61+,62+,75+/m1/s1. The van der Waals surface area contributed by atoms with Gasteiger partial charge in [0.05, 0.1) is 26.3 Å². The van der Waals surface area contributed by atoms with Gasteiger partial charge in [-0.15, -0.1) is 0 Å². The van der Waals surface area contributed by atoms with Crippen molar-refractivity contribution in [1.29, 1.82) is 0 Å². The first kappa shape index (κ1) is 80.0. The van der Waals surface area contributed by atoms with Crippen molar-refractivity contribution < 1.29 is 81.0 Å². The molecule has 1 fully saturated rings. The van der Waals surface area contributed by atoms with Gasteiger partial charge in [-0.25, -0.2) is 13.8 Å². The third-order valence-electron chi connectivity index (χ3n) is 19.2. The summed E-state index contributed by atoms with van der Waals surface area (Å²) in [5.74, 6) is -12.3. The number of H-pyrrole nitrogens is 3. The van der Waals surface area contributed by atoms with E-state index < -0.39 is 143 Å². The fourth-order valence-electron chi connectivity index (χ4n) is 13.2. The highest BCUT2D eigenvalue weighted by molar-refractivity contribution is 6.01. The van der Waals surface area contributed by atoms with Gasteiger partial charge in [0.1, 0.15) is 71.3 Å². The number of carboxylic acids is 1. The topological polar surface area (TPSA) is 461 Å². The molecule has 108 heavy (non-hydrogen) atoms. The molecule has 4 aromatic carbocycles. The second kappa shape index (κ2) is 37.3. The Hall–Kier alpha value is -12.1. The zero-order valence-electron chi connectivity index (χ0n) is 60.1. The van der Waals surface area contributed by atoms with E-state index in [-0.39, 0.29) is 108 Å². The number of methoxy groups -OCH3 is 1. The summed E-state index contributed by atoms with van der Waals surface area (Å²) in [6.07, 6.45) is 4.14. The molecule has 0 radical (unpaired) electrons. The summed E-state index contributed by atoms with van der Waals surface area (Å²) in [6, 6.07) is 8.68. The number of aliphatic carboxylic acids is 1. The second-order valence-corrected chi connectivity index (χ2v) is 27.3. The van der Waals surface area contributed by atoms with Gasteiger partial charge in [-0.3, -0.25) is 62.3 Å². The molecule has 0 saturated carbocycles. The highest BCUT2D eigenvalue weighted by atomic mass is 19.1. The number of fused-ring (bicyclic) bond motifs is 38. The van der Waals surface area contributed by atoms with Crippen LogP contribution < -0.4 is 63.6 Å². The Morgan fingerprint density at radius 2 is 1.26 bits per heavy atom. The number of aryl methyl sites for hydroxylation is 1. The Bertz CT molecular complexity index is 4440. The maximum absolute atomic E-state index is 15.3. The first-order valence-corrected chi connectivity index (χ1v) is 35.6. The number of halogens is 2. The lowest BCUT2D eigenvalue weighted by Gasteiger charge is -2.37. The monoisotopic (exact) mass is 1490 g/mol. The number of hydrogen-bond acceptors (Lipinski definition) is 15. The molecule has 0 spiro atoms. The Labute approximate surface area is 619 Å². The SMILES string of the molecule is COc1ccc(C[C@@H]2NC(=O)[C@H](Cc3cnc[nH]3)NC(=O)[C@H](CC(=O)O)NC(=O)[C@H](CCc3c[nH]c4ccc(F)cc34)NC(=O)[C@H](Cc3c[nH]c4ccc(F)cc34)NC(=O)[C@@H](C)NC(=O)[C@H](NC(C)=O)CCCCNC(=O)Cc3ccc(cc3)CNC(=O)CCC[C@@H](C(N)=O)NC(=O)[C@]3(C)CCCN3C2=O)cc1. The molecule has 9 atom stereocenters. The normalized spacial score (nSPS) is 23.0. The molecule has 3 aliphatic heterocycles. The van der Waals surface area contributed by atoms with Crippen molar-refractivity contribution in [2.45, 2.75) is 178 Å². The van der Waals surface area contributed by atoms with Gasteiger partial charge in [-0.2, -0.15) is 0 Å². The number of nitrogens with zero attached hydrogens (tertiary/aromatic N) is 2. The van der Waals surface area contributed by atoms with E-state index in [1.807, 2.05) is 0 Å². The molecule has 12 amide bonds. The number of hydrogen-bond donors (Lipinski definition) is 15. The third-order valence-corrected chi connectivity index (χ3v) is 19.2. The Balaban J connectivity index is 1.04. The molecule has 10 rings (SSSR count). The minimum Gasteiger partial charge on any atom is -0.497 e. The van der Waals surface area contributed by atoms with E-state index in [1.165, 1.54) is 87.9 Å². The van der Waals surface area contributed by atoms with Crippen LogP contribution in [-0.2, 0) is 101 Å². The Morgan fingerprint density at radius 3 is 1.91 bits per heavy atom. The number of benzene rings is 4. The van der Waals surface area contributed by atoms with Crippen LogP contribution in [0, 0.1) is 11.6 Å². The largest absolute Gasteiger partial charge is 0.497 e. The van der Waals surface area contributed by atoms with Gasteiger partial charge in [0, 0.05) is 98.3 Å². The molecule has 33 heteroatoms. The number of nitrogens with one attached hydrogen (secondary N) is 13. The number of nitrogens with two attached hydrogens (primary N) is 1. The molecule has 16 N–H and O–H groups in total. The van der Waals surface area contributed by atoms with Crippen LogP contribution in [-0.4, -0.2) is 181 Å². The van der Waals surface area contributed by atoms with Gasteiger partial charge in [-0.1, -0.05) is 36.4 Å². The lowest BCUT2D eigenvalue weighted by molar-refractivity contribution is -0.147. The lowest BCUT2D eigenvalue weighted by Crippen LogP contribution is -2.63. The van der Waals surface area contributed by atoms with Crippen LogP contribution in [0.3, 0.4) is 0 Å². The van der Waals surface area contributed by atoms with E-state index in [0.29, 0.717) is 68.2 Å². The van der Waals surface area contributed by atoms with Crippen LogP contribution in [0.2, 0.25) is 0 Å².